The van der Waals surface area contributed by atoms with Crippen molar-refractivity contribution in [3.8, 4) is 11.8 Å². The van der Waals surface area contributed by atoms with Crippen LogP contribution in [0.4, 0.5) is 0 Å². The largest absolute Gasteiger partial charge is 0.492 e. The Morgan fingerprint density at radius 1 is 1.10 bits per heavy atom. The zero-order chi connectivity index (χ0) is 14.4. The van der Waals surface area contributed by atoms with Crippen molar-refractivity contribution in [1.29, 1.82) is 5.26 Å². The first-order valence-electron chi connectivity index (χ1n) is 6.70. The van der Waals surface area contributed by atoms with Crippen LogP contribution in [-0.2, 0) is 6.42 Å². The summed E-state index contributed by atoms with van der Waals surface area (Å²) in [7, 11) is 0. The smallest absolute Gasteiger partial charge is 0.119 e. The van der Waals surface area contributed by atoms with E-state index in [9.17, 15) is 0 Å². The summed E-state index contributed by atoms with van der Waals surface area (Å²) in [4.78, 5) is 0. The number of benzene rings is 2. The Kier molecular flexibility index (Phi) is 6.74. The molecule has 110 valence electrons. The topological polar surface area (TPSA) is 59.0 Å². The van der Waals surface area contributed by atoms with E-state index in [1.54, 1.807) is 24.3 Å². The molecular weight excluding hydrogens is 284 g/mol. The van der Waals surface area contributed by atoms with Crippen molar-refractivity contribution in [1.82, 2.24) is 0 Å². The standard InChI is InChI=1S/C17H18N2O.ClH/c1-2-13-3-7-15(8-4-13)17(19)12-20-16-9-5-14(11-18)6-10-16;/h3-10,17H,2,12,19H2,1H3;1H. The van der Waals surface area contributed by atoms with E-state index in [2.05, 4.69) is 25.1 Å². The van der Waals surface area contributed by atoms with E-state index in [0.717, 1.165) is 17.7 Å². The van der Waals surface area contributed by atoms with Gasteiger partial charge in [0, 0.05) is 0 Å². The lowest BCUT2D eigenvalue weighted by Gasteiger charge is -2.14. The summed E-state index contributed by atoms with van der Waals surface area (Å²) < 4.78 is 5.64. The summed E-state index contributed by atoms with van der Waals surface area (Å²) >= 11 is 0. The molecule has 0 aromatic heterocycles. The lowest BCUT2D eigenvalue weighted by atomic mass is 10.1. The van der Waals surface area contributed by atoms with Gasteiger partial charge in [0.2, 0.25) is 0 Å². The number of nitriles is 1. The third-order valence-electron chi connectivity index (χ3n) is 3.23. The summed E-state index contributed by atoms with van der Waals surface area (Å²) in [5.74, 6) is 0.727. The highest BCUT2D eigenvalue weighted by molar-refractivity contribution is 5.85. The fraction of sp³-hybridized carbons (Fsp3) is 0.235. The molecular formula is C17H19ClN2O. The molecule has 1 unspecified atom stereocenters. The van der Waals surface area contributed by atoms with Crippen LogP contribution in [0.3, 0.4) is 0 Å². The van der Waals surface area contributed by atoms with E-state index >= 15 is 0 Å². The molecule has 2 N–H and O–H groups in total. The number of aryl methyl sites for hydroxylation is 1. The van der Waals surface area contributed by atoms with Gasteiger partial charge in [0.1, 0.15) is 12.4 Å². The lowest BCUT2D eigenvalue weighted by Crippen LogP contribution is -2.18. The molecule has 4 heteroatoms. The van der Waals surface area contributed by atoms with Gasteiger partial charge >= 0.3 is 0 Å². The van der Waals surface area contributed by atoms with E-state index in [-0.39, 0.29) is 18.4 Å². The van der Waals surface area contributed by atoms with Crippen molar-refractivity contribution in [2.24, 2.45) is 5.73 Å². The van der Waals surface area contributed by atoms with Crippen molar-refractivity contribution in [2.75, 3.05) is 6.61 Å². The van der Waals surface area contributed by atoms with Gasteiger partial charge in [-0.25, -0.2) is 0 Å². The molecule has 2 rings (SSSR count). The number of ether oxygens (including phenoxy) is 1. The molecule has 0 spiro atoms. The van der Waals surface area contributed by atoms with Gasteiger partial charge in [-0.1, -0.05) is 31.2 Å². The van der Waals surface area contributed by atoms with E-state index in [1.165, 1.54) is 5.56 Å². The average molecular weight is 303 g/mol. The molecule has 0 bridgehead atoms. The highest BCUT2D eigenvalue weighted by atomic mass is 35.5. The fourth-order valence-electron chi connectivity index (χ4n) is 1.91. The second kappa shape index (κ2) is 8.31. The highest BCUT2D eigenvalue weighted by Gasteiger charge is 2.07. The fourth-order valence-corrected chi connectivity index (χ4v) is 1.91. The highest BCUT2D eigenvalue weighted by Crippen LogP contribution is 2.16. The van der Waals surface area contributed by atoms with Crippen molar-refractivity contribution in [2.45, 2.75) is 19.4 Å². The van der Waals surface area contributed by atoms with Gasteiger partial charge in [0.05, 0.1) is 17.7 Å². The molecule has 0 aliphatic rings. The summed E-state index contributed by atoms with van der Waals surface area (Å²) in [5, 5.41) is 8.73. The van der Waals surface area contributed by atoms with Gasteiger partial charge in [-0.3, -0.25) is 0 Å². The summed E-state index contributed by atoms with van der Waals surface area (Å²) in [6.45, 7) is 2.54. The van der Waals surface area contributed by atoms with Gasteiger partial charge in [0.15, 0.2) is 0 Å². The monoisotopic (exact) mass is 302 g/mol. The second-order valence-corrected chi connectivity index (χ2v) is 4.65. The van der Waals surface area contributed by atoms with Crippen LogP contribution in [0.2, 0.25) is 0 Å². The van der Waals surface area contributed by atoms with Gasteiger partial charge < -0.3 is 10.5 Å². The predicted octanol–water partition coefficient (Wildman–Crippen LogP) is 3.62. The van der Waals surface area contributed by atoms with Crippen LogP contribution in [0.25, 0.3) is 0 Å². The molecule has 0 aliphatic heterocycles. The van der Waals surface area contributed by atoms with Gasteiger partial charge in [-0.15, -0.1) is 12.4 Å². The lowest BCUT2D eigenvalue weighted by molar-refractivity contribution is 0.290. The first-order chi connectivity index (χ1) is 9.72. The van der Waals surface area contributed by atoms with Crippen LogP contribution in [0.5, 0.6) is 5.75 Å². The Labute approximate surface area is 131 Å². The first kappa shape index (κ1) is 17.0. The molecule has 21 heavy (non-hydrogen) atoms. The van der Waals surface area contributed by atoms with E-state index in [1.807, 2.05) is 12.1 Å². The molecule has 0 heterocycles. The maximum atomic E-state index is 8.73. The average Bonchev–Trinajstić information content (AvgIpc) is 2.53. The molecule has 0 amide bonds. The maximum absolute atomic E-state index is 8.73. The summed E-state index contributed by atoms with van der Waals surface area (Å²) in [6.07, 6.45) is 1.03. The van der Waals surface area contributed by atoms with Crippen LogP contribution in [-0.4, -0.2) is 6.61 Å². The predicted molar refractivity (Wildman–Crippen MR) is 86.6 cm³/mol. The van der Waals surface area contributed by atoms with Crippen LogP contribution < -0.4 is 10.5 Å². The van der Waals surface area contributed by atoms with E-state index < -0.39 is 0 Å². The molecule has 2 aromatic carbocycles. The number of nitrogens with two attached hydrogens (primary N) is 1. The van der Waals surface area contributed by atoms with Gasteiger partial charge in [-0.05, 0) is 41.8 Å². The Balaban J connectivity index is 0.00000220. The molecule has 1 atom stereocenters. The Bertz CT molecular complexity index is 588. The van der Waals surface area contributed by atoms with Crippen LogP contribution in [0.15, 0.2) is 48.5 Å². The summed E-state index contributed by atoms with van der Waals surface area (Å²) in [6, 6.07) is 17.2. The number of hydrogen-bond acceptors (Lipinski definition) is 3. The van der Waals surface area contributed by atoms with E-state index in [4.69, 9.17) is 15.7 Å². The van der Waals surface area contributed by atoms with Crippen molar-refractivity contribution in [3.05, 3.63) is 65.2 Å². The number of rotatable bonds is 5. The van der Waals surface area contributed by atoms with Gasteiger partial charge in [-0.2, -0.15) is 5.26 Å². The SMILES string of the molecule is CCc1ccc(C(N)COc2ccc(C#N)cc2)cc1.Cl. The quantitative estimate of drug-likeness (QED) is 0.917. The van der Waals surface area contributed by atoms with Crippen molar-refractivity contribution >= 4 is 12.4 Å². The van der Waals surface area contributed by atoms with Gasteiger partial charge in [0.25, 0.3) is 0 Å². The zero-order valence-corrected chi connectivity index (χ0v) is 12.8. The maximum Gasteiger partial charge on any atom is 0.119 e. The Morgan fingerprint density at radius 2 is 1.71 bits per heavy atom. The normalized spacial score (nSPS) is 11.1. The minimum atomic E-state index is -0.156. The van der Waals surface area contributed by atoms with Crippen molar-refractivity contribution < 1.29 is 4.74 Å². The molecule has 0 radical (unpaired) electrons. The summed E-state index contributed by atoms with van der Waals surface area (Å²) in [5.41, 5.74) is 9.10. The Hall–Kier alpha value is -2.02. The zero-order valence-electron chi connectivity index (χ0n) is 12.0. The minimum absolute atomic E-state index is 0. The van der Waals surface area contributed by atoms with Crippen LogP contribution in [0, 0.1) is 11.3 Å². The van der Waals surface area contributed by atoms with E-state index in [0.29, 0.717) is 12.2 Å². The third-order valence-corrected chi connectivity index (χ3v) is 3.23. The minimum Gasteiger partial charge on any atom is -0.492 e. The molecule has 2 aromatic rings. The third kappa shape index (κ3) is 4.78. The molecule has 3 nitrogen and oxygen atoms in total. The number of hydrogen-bond donors (Lipinski definition) is 1. The van der Waals surface area contributed by atoms with Crippen LogP contribution in [0.1, 0.15) is 29.7 Å². The van der Waals surface area contributed by atoms with Crippen molar-refractivity contribution in [3.63, 3.8) is 0 Å². The molecule has 0 aliphatic carbocycles. The molecule has 0 fully saturated rings. The second-order valence-electron chi connectivity index (χ2n) is 4.65. The number of nitrogens with zero attached hydrogens (tertiary/aromatic N) is 1. The number of halogens is 1. The Morgan fingerprint density at radius 3 is 2.24 bits per heavy atom. The first-order valence-corrected chi connectivity index (χ1v) is 6.70. The van der Waals surface area contributed by atoms with Crippen LogP contribution >= 0.6 is 12.4 Å². The molecule has 0 saturated heterocycles. The molecule has 0 saturated carbocycles.